The Morgan fingerprint density at radius 1 is 1.19 bits per heavy atom. The fourth-order valence-corrected chi connectivity index (χ4v) is 3.80. The van der Waals surface area contributed by atoms with Crippen molar-refractivity contribution in [3.05, 3.63) is 35.9 Å². The van der Waals surface area contributed by atoms with Gasteiger partial charge in [0.15, 0.2) is 5.60 Å². The van der Waals surface area contributed by atoms with Gasteiger partial charge in [-0.15, -0.1) is 0 Å². The van der Waals surface area contributed by atoms with E-state index < -0.39 is 23.5 Å². The maximum absolute atomic E-state index is 12.3. The van der Waals surface area contributed by atoms with Crippen molar-refractivity contribution < 1.29 is 24.2 Å². The lowest BCUT2D eigenvalue weighted by Gasteiger charge is -2.30. The summed E-state index contributed by atoms with van der Waals surface area (Å²) >= 11 is 0. The molecule has 2 atom stereocenters. The number of ether oxygens (including phenoxy) is 2. The van der Waals surface area contributed by atoms with Crippen molar-refractivity contribution in [3.8, 4) is 0 Å². The number of amides is 1. The zero-order valence-electron chi connectivity index (χ0n) is 15.5. The van der Waals surface area contributed by atoms with Crippen LogP contribution in [0.2, 0.25) is 0 Å². The molecule has 0 radical (unpaired) electrons. The van der Waals surface area contributed by atoms with Gasteiger partial charge >= 0.3 is 12.2 Å². The summed E-state index contributed by atoms with van der Waals surface area (Å²) in [5.41, 5.74) is -0.332. The lowest BCUT2D eigenvalue weighted by atomic mass is 9.95. The third-order valence-corrected chi connectivity index (χ3v) is 4.81. The van der Waals surface area contributed by atoms with Gasteiger partial charge in [-0.2, -0.15) is 0 Å². The summed E-state index contributed by atoms with van der Waals surface area (Å²) in [4.78, 5) is 27.2. The summed E-state index contributed by atoms with van der Waals surface area (Å²) in [7, 11) is 0. The average Bonchev–Trinajstić information content (AvgIpc) is 2.99. The molecule has 0 bridgehead atoms. The Balaban J connectivity index is 1.73. The molecule has 0 aromatic heterocycles. The van der Waals surface area contributed by atoms with Crippen LogP contribution < -0.4 is 0 Å². The quantitative estimate of drug-likeness (QED) is 0.833. The van der Waals surface area contributed by atoms with Gasteiger partial charge < -0.3 is 19.5 Å². The first-order valence-electron chi connectivity index (χ1n) is 8.83. The van der Waals surface area contributed by atoms with E-state index in [1.54, 1.807) is 20.8 Å². The van der Waals surface area contributed by atoms with Gasteiger partial charge in [-0.25, -0.2) is 9.59 Å². The van der Waals surface area contributed by atoms with Crippen LogP contribution in [0.5, 0.6) is 0 Å². The maximum Gasteiger partial charge on any atom is 0.509 e. The lowest BCUT2D eigenvalue weighted by molar-refractivity contribution is -0.0668. The van der Waals surface area contributed by atoms with Gasteiger partial charge in [-0.1, -0.05) is 30.3 Å². The predicted molar refractivity (Wildman–Crippen MR) is 94.9 cm³/mol. The summed E-state index contributed by atoms with van der Waals surface area (Å²) in [5.74, 6) is -0.0603. The highest BCUT2D eigenvalue weighted by Crippen LogP contribution is 2.39. The zero-order chi connectivity index (χ0) is 18.9. The second kappa shape index (κ2) is 6.79. The molecule has 0 unspecified atom stereocenters. The summed E-state index contributed by atoms with van der Waals surface area (Å²) < 4.78 is 11.0. The summed E-state index contributed by atoms with van der Waals surface area (Å²) in [6.45, 7) is 7.79. The van der Waals surface area contributed by atoms with Crippen LogP contribution in [0.3, 0.4) is 0 Å². The van der Waals surface area contributed by atoms with Crippen LogP contribution in [0.1, 0.15) is 26.3 Å². The molecular weight excluding hydrogens is 336 g/mol. The molecule has 7 nitrogen and oxygen atoms in total. The number of carbonyl (C=O) groups excluding carboxylic acids is 1. The van der Waals surface area contributed by atoms with E-state index in [1.807, 2.05) is 18.2 Å². The number of fused-ring (bicyclic) bond motifs is 1. The van der Waals surface area contributed by atoms with Crippen molar-refractivity contribution in [2.45, 2.75) is 38.5 Å². The number of carbonyl (C=O) groups is 2. The smallest absolute Gasteiger partial charge is 0.465 e. The number of rotatable bonds is 3. The van der Waals surface area contributed by atoms with Crippen molar-refractivity contribution in [1.29, 1.82) is 0 Å². The molecule has 142 valence electrons. The highest BCUT2D eigenvalue weighted by Gasteiger charge is 2.57. The Morgan fingerprint density at radius 3 is 2.50 bits per heavy atom. The topological polar surface area (TPSA) is 79.3 Å². The third-order valence-electron chi connectivity index (χ3n) is 4.81. The van der Waals surface area contributed by atoms with E-state index in [1.165, 1.54) is 10.5 Å². The fourth-order valence-electron chi connectivity index (χ4n) is 3.80. The van der Waals surface area contributed by atoms with Gasteiger partial charge in [0.05, 0.1) is 6.54 Å². The Hall–Kier alpha value is -2.28. The average molecular weight is 362 g/mol. The second-order valence-corrected chi connectivity index (χ2v) is 8.15. The van der Waals surface area contributed by atoms with Crippen molar-refractivity contribution >= 4 is 12.2 Å². The molecule has 26 heavy (non-hydrogen) atoms. The van der Waals surface area contributed by atoms with Crippen molar-refractivity contribution in [3.63, 3.8) is 0 Å². The van der Waals surface area contributed by atoms with Gasteiger partial charge in [-0.3, -0.25) is 4.90 Å². The first-order valence-corrected chi connectivity index (χ1v) is 8.83. The van der Waals surface area contributed by atoms with Crippen LogP contribution >= 0.6 is 0 Å². The molecule has 2 fully saturated rings. The number of carboxylic acid groups (broad SMARTS) is 1. The van der Waals surface area contributed by atoms with Crippen LogP contribution in [0.15, 0.2) is 30.3 Å². The predicted octanol–water partition coefficient (Wildman–Crippen LogP) is 2.80. The van der Waals surface area contributed by atoms with E-state index in [0.29, 0.717) is 19.6 Å². The largest absolute Gasteiger partial charge is 0.509 e. The van der Waals surface area contributed by atoms with Gasteiger partial charge in [0.25, 0.3) is 0 Å². The molecule has 0 saturated carbocycles. The maximum atomic E-state index is 12.3. The molecule has 2 aliphatic heterocycles. The highest BCUT2D eigenvalue weighted by molar-refractivity contribution is 5.66. The van der Waals surface area contributed by atoms with Gasteiger partial charge in [0.1, 0.15) is 5.60 Å². The standard InChI is InChI=1S/C19H26N2O5/c1-18(2,3)25-17(24)26-19-12-20(9-14-7-5-4-6-8-14)10-15(19)11-21(13-19)16(22)23/h4-8,15H,9-13H2,1-3H3,(H,22,23)/t15-,19-/m0/s1. The highest BCUT2D eigenvalue weighted by atomic mass is 16.7. The number of likely N-dealkylation sites (tertiary alicyclic amines) is 2. The first-order chi connectivity index (χ1) is 12.2. The van der Waals surface area contributed by atoms with Gasteiger partial charge in [0, 0.05) is 32.1 Å². The number of benzene rings is 1. The molecule has 1 N–H and O–H groups in total. The fraction of sp³-hybridized carbons (Fsp3) is 0.579. The lowest BCUT2D eigenvalue weighted by Crippen LogP contribution is -2.46. The minimum atomic E-state index is -0.985. The third kappa shape index (κ3) is 4.09. The Bertz CT molecular complexity index is 672. The molecule has 7 heteroatoms. The number of hydrogen-bond acceptors (Lipinski definition) is 5. The molecule has 1 aromatic rings. The minimum absolute atomic E-state index is 0.0603. The van der Waals surface area contributed by atoms with Crippen molar-refractivity contribution in [1.82, 2.24) is 9.80 Å². The van der Waals surface area contributed by atoms with Gasteiger partial charge in [0.2, 0.25) is 0 Å². The first kappa shape index (κ1) is 18.5. The van der Waals surface area contributed by atoms with E-state index in [4.69, 9.17) is 9.47 Å². The van der Waals surface area contributed by atoms with Crippen LogP contribution in [-0.2, 0) is 16.0 Å². The Morgan fingerprint density at radius 2 is 1.88 bits per heavy atom. The summed E-state index contributed by atoms with van der Waals surface area (Å²) in [5, 5.41) is 9.35. The van der Waals surface area contributed by atoms with Crippen molar-refractivity contribution in [2.24, 2.45) is 5.92 Å². The summed E-state index contributed by atoms with van der Waals surface area (Å²) in [6.07, 6.45) is -1.72. The van der Waals surface area contributed by atoms with Crippen LogP contribution in [0, 0.1) is 5.92 Å². The molecule has 2 saturated heterocycles. The van der Waals surface area contributed by atoms with Gasteiger partial charge in [-0.05, 0) is 26.3 Å². The summed E-state index contributed by atoms with van der Waals surface area (Å²) in [6, 6.07) is 10.1. The molecule has 3 rings (SSSR count). The molecule has 2 aliphatic rings. The Labute approximate surface area is 153 Å². The zero-order valence-corrected chi connectivity index (χ0v) is 15.5. The van der Waals surface area contributed by atoms with Crippen LogP contribution in [-0.4, -0.2) is 64.5 Å². The van der Waals surface area contributed by atoms with Crippen LogP contribution in [0.25, 0.3) is 0 Å². The molecule has 1 aromatic carbocycles. The van der Waals surface area contributed by atoms with Crippen LogP contribution in [0.4, 0.5) is 9.59 Å². The molecule has 2 heterocycles. The molecule has 1 amide bonds. The van der Waals surface area contributed by atoms with E-state index in [9.17, 15) is 14.7 Å². The van der Waals surface area contributed by atoms with E-state index >= 15 is 0 Å². The van der Waals surface area contributed by atoms with Crippen molar-refractivity contribution in [2.75, 3.05) is 26.2 Å². The molecule has 0 spiro atoms. The van der Waals surface area contributed by atoms with E-state index in [-0.39, 0.29) is 12.5 Å². The number of hydrogen-bond donors (Lipinski definition) is 1. The monoisotopic (exact) mass is 362 g/mol. The normalized spacial score (nSPS) is 25.8. The molecular formula is C19H26N2O5. The number of nitrogens with zero attached hydrogens (tertiary/aromatic N) is 2. The SMILES string of the molecule is CC(C)(C)OC(=O)O[C@]12CN(Cc3ccccc3)C[C@H]1CN(C(=O)O)C2. The minimum Gasteiger partial charge on any atom is -0.465 e. The second-order valence-electron chi connectivity index (χ2n) is 8.15. The van der Waals surface area contributed by atoms with E-state index in [0.717, 1.165) is 6.54 Å². The van der Waals surface area contributed by atoms with E-state index in [2.05, 4.69) is 17.0 Å². The Kier molecular flexibility index (Phi) is 4.84. The molecule has 0 aliphatic carbocycles.